The first-order valence-corrected chi connectivity index (χ1v) is 6.29. The van der Waals surface area contributed by atoms with E-state index in [1.54, 1.807) is 0 Å². The van der Waals surface area contributed by atoms with E-state index in [9.17, 15) is 4.79 Å². The molecule has 0 aromatic rings. The van der Waals surface area contributed by atoms with E-state index in [0.717, 1.165) is 25.9 Å². The highest BCUT2D eigenvalue weighted by Gasteiger charge is 2.15. The lowest BCUT2D eigenvalue weighted by atomic mass is 10.1. The Kier molecular flexibility index (Phi) is 4.92. The molecule has 0 N–H and O–H groups in total. The molecule has 0 saturated carbocycles. The number of nitrogens with zero attached hydrogens (tertiary/aromatic N) is 1. The van der Waals surface area contributed by atoms with Gasteiger partial charge in [-0.15, -0.1) is 0 Å². The van der Waals surface area contributed by atoms with E-state index in [1.165, 1.54) is 3.58 Å². The monoisotopic (exact) mass is 307 g/mol. The molecule has 80 valence electrons. The SMILES string of the molecule is CC(C)CCC(=O)N1CC=C(I)CC1. The van der Waals surface area contributed by atoms with Gasteiger partial charge in [0.2, 0.25) is 5.91 Å². The molecule has 3 heteroatoms. The Morgan fingerprint density at radius 2 is 2.36 bits per heavy atom. The fraction of sp³-hybridized carbons (Fsp3) is 0.727. The lowest BCUT2D eigenvalue weighted by Crippen LogP contribution is -2.34. The van der Waals surface area contributed by atoms with Gasteiger partial charge in [-0.05, 0) is 44.9 Å². The number of carbonyl (C=O) groups is 1. The zero-order valence-electron chi connectivity index (χ0n) is 8.92. The van der Waals surface area contributed by atoms with Gasteiger partial charge >= 0.3 is 0 Å². The number of hydrogen-bond acceptors (Lipinski definition) is 1. The summed E-state index contributed by atoms with van der Waals surface area (Å²) in [6.45, 7) is 6.04. The van der Waals surface area contributed by atoms with Crippen molar-refractivity contribution in [3.63, 3.8) is 0 Å². The zero-order chi connectivity index (χ0) is 10.6. The van der Waals surface area contributed by atoms with E-state index in [1.807, 2.05) is 4.90 Å². The third-order valence-corrected chi connectivity index (χ3v) is 3.42. The maximum absolute atomic E-state index is 11.7. The highest BCUT2D eigenvalue weighted by molar-refractivity contribution is 14.1. The minimum Gasteiger partial charge on any atom is -0.339 e. The van der Waals surface area contributed by atoms with E-state index in [2.05, 4.69) is 42.5 Å². The molecule has 1 amide bonds. The number of hydrogen-bond donors (Lipinski definition) is 0. The van der Waals surface area contributed by atoms with Gasteiger partial charge in [-0.3, -0.25) is 4.79 Å². The van der Waals surface area contributed by atoms with Gasteiger partial charge in [0, 0.05) is 19.5 Å². The van der Waals surface area contributed by atoms with Gasteiger partial charge in [0.1, 0.15) is 0 Å². The van der Waals surface area contributed by atoms with Crippen LogP contribution in [0.3, 0.4) is 0 Å². The lowest BCUT2D eigenvalue weighted by molar-refractivity contribution is -0.131. The van der Waals surface area contributed by atoms with Crippen molar-refractivity contribution in [1.29, 1.82) is 0 Å². The molecule has 0 aliphatic carbocycles. The van der Waals surface area contributed by atoms with Gasteiger partial charge in [0.05, 0.1) is 0 Å². The van der Waals surface area contributed by atoms with Crippen LogP contribution in [0.2, 0.25) is 0 Å². The zero-order valence-corrected chi connectivity index (χ0v) is 11.1. The number of carbonyl (C=O) groups excluding carboxylic acids is 1. The molecule has 2 nitrogen and oxygen atoms in total. The van der Waals surface area contributed by atoms with Crippen LogP contribution in [0, 0.1) is 5.92 Å². The number of halogens is 1. The van der Waals surface area contributed by atoms with Crippen molar-refractivity contribution in [2.24, 2.45) is 5.92 Å². The molecule has 0 fully saturated rings. The number of rotatable bonds is 3. The smallest absolute Gasteiger partial charge is 0.222 e. The molecule has 0 unspecified atom stereocenters. The Hall–Kier alpha value is -0.0600. The molecular formula is C11H18INO. The van der Waals surface area contributed by atoms with E-state index in [0.29, 0.717) is 18.2 Å². The second-order valence-corrected chi connectivity index (χ2v) is 5.56. The standard InChI is InChI=1S/C11H18INO/c1-9(2)3-4-11(14)13-7-5-10(12)6-8-13/h5,9H,3-4,6-8H2,1-2H3. The molecule has 14 heavy (non-hydrogen) atoms. The number of amides is 1. The Morgan fingerprint density at radius 1 is 1.64 bits per heavy atom. The Labute approximate surface area is 99.9 Å². The second-order valence-electron chi connectivity index (χ2n) is 4.17. The van der Waals surface area contributed by atoms with E-state index in [-0.39, 0.29) is 0 Å². The third kappa shape index (κ3) is 3.98. The molecule has 0 aromatic carbocycles. The summed E-state index contributed by atoms with van der Waals surface area (Å²) in [6.07, 6.45) is 4.91. The van der Waals surface area contributed by atoms with Crippen molar-refractivity contribution >= 4 is 28.5 Å². The summed E-state index contributed by atoms with van der Waals surface area (Å²) in [5, 5.41) is 0. The summed E-state index contributed by atoms with van der Waals surface area (Å²) in [5.74, 6) is 0.943. The van der Waals surface area contributed by atoms with Crippen LogP contribution in [0.5, 0.6) is 0 Å². The molecule has 1 rings (SSSR count). The summed E-state index contributed by atoms with van der Waals surface area (Å²) in [5.41, 5.74) is 0. The minimum atomic E-state index is 0.318. The fourth-order valence-corrected chi connectivity index (χ4v) is 1.88. The molecule has 0 atom stereocenters. The molecule has 0 aromatic heterocycles. The normalized spacial score (nSPS) is 17.1. The Balaban J connectivity index is 2.32. The van der Waals surface area contributed by atoms with Gasteiger partial charge in [0.25, 0.3) is 0 Å². The van der Waals surface area contributed by atoms with E-state index < -0.39 is 0 Å². The lowest BCUT2D eigenvalue weighted by Gasteiger charge is -2.25. The third-order valence-electron chi connectivity index (χ3n) is 2.44. The highest BCUT2D eigenvalue weighted by atomic mass is 127. The molecule has 1 aliphatic rings. The van der Waals surface area contributed by atoms with Gasteiger partial charge < -0.3 is 4.90 Å². The van der Waals surface area contributed by atoms with Gasteiger partial charge in [0.15, 0.2) is 0 Å². The summed E-state index contributed by atoms with van der Waals surface area (Å²) >= 11 is 2.35. The highest BCUT2D eigenvalue weighted by Crippen LogP contribution is 2.18. The molecule has 0 spiro atoms. The second kappa shape index (κ2) is 5.73. The summed E-state index contributed by atoms with van der Waals surface area (Å²) in [7, 11) is 0. The maximum Gasteiger partial charge on any atom is 0.222 e. The average molecular weight is 307 g/mol. The molecule has 0 bridgehead atoms. The predicted molar refractivity (Wildman–Crippen MR) is 67.4 cm³/mol. The summed E-state index contributed by atoms with van der Waals surface area (Å²) < 4.78 is 1.38. The molecule has 0 saturated heterocycles. The van der Waals surface area contributed by atoms with Crippen molar-refractivity contribution in [1.82, 2.24) is 4.90 Å². The van der Waals surface area contributed by atoms with Gasteiger partial charge in [-0.1, -0.05) is 19.9 Å². The van der Waals surface area contributed by atoms with Gasteiger partial charge in [-0.2, -0.15) is 0 Å². The molecule has 0 radical (unpaired) electrons. The van der Waals surface area contributed by atoms with Crippen molar-refractivity contribution in [2.75, 3.05) is 13.1 Å². The fourth-order valence-electron chi connectivity index (χ4n) is 1.44. The van der Waals surface area contributed by atoms with Crippen LogP contribution in [-0.2, 0) is 4.79 Å². The quantitative estimate of drug-likeness (QED) is 0.734. The molecular weight excluding hydrogens is 289 g/mol. The van der Waals surface area contributed by atoms with Crippen LogP contribution in [-0.4, -0.2) is 23.9 Å². The average Bonchev–Trinajstić information content (AvgIpc) is 2.15. The molecule has 1 aliphatic heterocycles. The first kappa shape index (κ1) is 12.0. The topological polar surface area (TPSA) is 20.3 Å². The Morgan fingerprint density at radius 3 is 2.86 bits per heavy atom. The summed E-state index contributed by atoms with van der Waals surface area (Å²) in [4.78, 5) is 13.7. The van der Waals surface area contributed by atoms with Crippen molar-refractivity contribution in [3.8, 4) is 0 Å². The molecule has 1 heterocycles. The van der Waals surface area contributed by atoms with Crippen LogP contribution in [0.1, 0.15) is 33.1 Å². The van der Waals surface area contributed by atoms with E-state index >= 15 is 0 Å². The minimum absolute atomic E-state index is 0.318. The van der Waals surface area contributed by atoms with Crippen LogP contribution >= 0.6 is 22.6 Å². The first-order valence-electron chi connectivity index (χ1n) is 5.22. The Bertz CT molecular complexity index is 235. The maximum atomic E-state index is 11.7. The van der Waals surface area contributed by atoms with E-state index in [4.69, 9.17) is 0 Å². The van der Waals surface area contributed by atoms with Crippen molar-refractivity contribution in [2.45, 2.75) is 33.1 Å². The van der Waals surface area contributed by atoms with Crippen LogP contribution in [0.25, 0.3) is 0 Å². The van der Waals surface area contributed by atoms with Gasteiger partial charge in [-0.25, -0.2) is 0 Å². The van der Waals surface area contributed by atoms with Crippen molar-refractivity contribution < 1.29 is 4.79 Å². The van der Waals surface area contributed by atoms with Crippen LogP contribution < -0.4 is 0 Å². The van der Waals surface area contributed by atoms with Crippen LogP contribution in [0.4, 0.5) is 0 Å². The van der Waals surface area contributed by atoms with Crippen molar-refractivity contribution in [3.05, 3.63) is 9.66 Å². The van der Waals surface area contributed by atoms with Crippen LogP contribution in [0.15, 0.2) is 9.66 Å². The first-order chi connectivity index (χ1) is 6.59. The largest absolute Gasteiger partial charge is 0.339 e. The predicted octanol–water partition coefficient (Wildman–Crippen LogP) is 2.97. The summed E-state index contributed by atoms with van der Waals surface area (Å²) in [6, 6.07) is 0.